The van der Waals surface area contributed by atoms with Crippen molar-refractivity contribution in [1.29, 1.82) is 0 Å². The van der Waals surface area contributed by atoms with Gasteiger partial charge < -0.3 is 4.90 Å². The topological polar surface area (TPSA) is 33.2 Å². The van der Waals surface area contributed by atoms with E-state index in [2.05, 4.69) is 4.98 Å². The minimum atomic E-state index is 0.0511. The minimum absolute atomic E-state index is 0.0511. The summed E-state index contributed by atoms with van der Waals surface area (Å²) in [6.45, 7) is 0.770. The van der Waals surface area contributed by atoms with Gasteiger partial charge in [-0.25, -0.2) is 0 Å². The van der Waals surface area contributed by atoms with Crippen LogP contribution in [0.4, 0.5) is 0 Å². The van der Waals surface area contributed by atoms with Crippen molar-refractivity contribution in [3.63, 3.8) is 0 Å². The van der Waals surface area contributed by atoms with E-state index in [1.54, 1.807) is 18.0 Å². The van der Waals surface area contributed by atoms with Crippen LogP contribution in [0.25, 0.3) is 10.8 Å². The summed E-state index contributed by atoms with van der Waals surface area (Å²) in [5.41, 5.74) is 1.86. The minimum Gasteiger partial charge on any atom is -0.322 e. The van der Waals surface area contributed by atoms with Crippen LogP contribution < -0.4 is 0 Å². The van der Waals surface area contributed by atoms with Crippen LogP contribution in [0.5, 0.6) is 0 Å². The van der Waals surface area contributed by atoms with Gasteiger partial charge in [0.25, 0.3) is 5.91 Å². The van der Waals surface area contributed by atoms with E-state index in [-0.39, 0.29) is 11.3 Å². The number of hydrogen-bond acceptors (Lipinski definition) is 3. The Labute approximate surface area is 139 Å². The summed E-state index contributed by atoms with van der Waals surface area (Å²) in [7, 11) is 0. The molecule has 1 saturated heterocycles. The number of nitrogens with zero attached hydrogens (tertiary/aromatic N) is 2. The molecule has 1 atom stereocenters. The van der Waals surface area contributed by atoms with Crippen LogP contribution >= 0.6 is 11.8 Å². The number of aromatic nitrogens is 1. The van der Waals surface area contributed by atoms with Crippen LogP contribution in [-0.2, 0) is 0 Å². The number of pyridine rings is 1. The predicted molar refractivity (Wildman–Crippen MR) is 94.4 cm³/mol. The van der Waals surface area contributed by atoms with Gasteiger partial charge in [0.05, 0.1) is 0 Å². The fraction of sp³-hybridized carbons (Fsp3) is 0.158. The van der Waals surface area contributed by atoms with Gasteiger partial charge in [-0.05, 0) is 22.9 Å². The van der Waals surface area contributed by atoms with Crippen molar-refractivity contribution in [1.82, 2.24) is 9.88 Å². The van der Waals surface area contributed by atoms with E-state index in [1.165, 1.54) is 0 Å². The van der Waals surface area contributed by atoms with E-state index in [0.29, 0.717) is 0 Å². The molecule has 1 aliphatic rings. The molecule has 0 saturated carbocycles. The lowest BCUT2D eigenvalue weighted by Gasteiger charge is -2.24. The van der Waals surface area contributed by atoms with Gasteiger partial charge in [0, 0.05) is 35.8 Å². The molecule has 1 aromatic heterocycles. The SMILES string of the molecule is O=C(c1cccc2ccccc12)N1CCSC1c1cccnc1. The second-order valence-corrected chi connectivity index (χ2v) is 6.72. The first-order chi connectivity index (χ1) is 11.3. The number of fused-ring (bicyclic) bond motifs is 1. The molecule has 4 rings (SSSR count). The molecule has 0 aliphatic carbocycles. The lowest BCUT2D eigenvalue weighted by atomic mass is 10.0. The Morgan fingerprint density at radius 2 is 1.96 bits per heavy atom. The second kappa shape index (κ2) is 6.05. The number of thioether (sulfide) groups is 1. The van der Waals surface area contributed by atoms with Gasteiger partial charge in [-0.3, -0.25) is 9.78 Å². The van der Waals surface area contributed by atoms with E-state index in [4.69, 9.17) is 0 Å². The number of carbonyl (C=O) groups excluding carboxylic acids is 1. The third kappa shape index (κ3) is 2.59. The summed E-state index contributed by atoms with van der Waals surface area (Å²) in [6, 6.07) is 17.9. The van der Waals surface area contributed by atoms with Crippen LogP contribution in [0.15, 0.2) is 67.0 Å². The van der Waals surface area contributed by atoms with Crippen molar-refractivity contribution in [2.45, 2.75) is 5.37 Å². The molecule has 1 aliphatic heterocycles. The number of rotatable bonds is 2. The van der Waals surface area contributed by atoms with Crippen molar-refractivity contribution >= 4 is 28.4 Å². The summed E-state index contributed by atoms with van der Waals surface area (Å²) in [5.74, 6) is 1.05. The second-order valence-electron chi connectivity index (χ2n) is 5.53. The maximum absolute atomic E-state index is 13.1. The number of carbonyl (C=O) groups is 1. The molecular weight excluding hydrogens is 304 g/mol. The quantitative estimate of drug-likeness (QED) is 0.712. The largest absolute Gasteiger partial charge is 0.322 e. The number of amides is 1. The predicted octanol–water partition coefficient (Wildman–Crippen LogP) is 4.12. The van der Waals surface area contributed by atoms with Crippen molar-refractivity contribution in [2.24, 2.45) is 0 Å². The molecule has 2 heterocycles. The van der Waals surface area contributed by atoms with Crippen LogP contribution in [-0.4, -0.2) is 28.1 Å². The van der Waals surface area contributed by atoms with Crippen molar-refractivity contribution < 1.29 is 4.79 Å². The highest BCUT2D eigenvalue weighted by Crippen LogP contribution is 2.38. The molecule has 23 heavy (non-hydrogen) atoms. The average Bonchev–Trinajstić information content (AvgIpc) is 3.11. The van der Waals surface area contributed by atoms with Crippen LogP contribution in [0.2, 0.25) is 0 Å². The lowest BCUT2D eigenvalue weighted by Crippen LogP contribution is -2.30. The Hall–Kier alpha value is -2.33. The van der Waals surface area contributed by atoms with Crippen molar-refractivity contribution in [2.75, 3.05) is 12.3 Å². The summed E-state index contributed by atoms with van der Waals surface area (Å²) >= 11 is 1.80. The third-order valence-electron chi connectivity index (χ3n) is 4.14. The molecule has 4 heteroatoms. The summed E-state index contributed by atoms with van der Waals surface area (Å²) in [6.07, 6.45) is 3.62. The molecule has 3 aromatic rings. The van der Waals surface area contributed by atoms with Gasteiger partial charge in [0.15, 0.2) is 0 Å². The summed E-state index contributed by atoms with van der Waals surface area (Å²) < 4.78 is 0. The summed E-state index contributed by atoms with van der Waals surface area (Å²) in [5, 5.41) is 2.17. The molecule has 1 amide bonds. The zero-order valence-electron chi connectivity index (χ0n) is 12.6. The van der Waals surface area contributed by atoms with E-state index >= 15 is 0 Å². The molecule has 1 unspecified atom stereocenters. The Morgan fingerprint density at radius 1 is 1.09 bits per heavy atom. The van der Waals surface area contributed by atoms with Crippen LogP contribution in [0.1, 0.15) is 21.3 Å². The molecule has 0 bridgehead atoms. The molecule has 0 spiro atoms. The van der Waals surface area contributed by atoms with Gasteiger partial charge in [0.2, 0.25) is 0 Å². The molecular formula is C19H16N2OS. The van der Waals surface area contributed by atoms with E-state index in [1.807, 2.05) is 65.7 Å². The van der Waals surface area contributed by atoms with E-state index in [9.17, 15) is 4.79 Å². The fourth-order valence-corrected chi connectivity index (χ4v) is 4.28. The zero-order valence-corrected chi connectivity index (χ0v) is 13.4. The van der Waals surface area contributed by atoms with Crippen LogP contribution in [0.3, 0.4) is 0 Å². The van der Waals surface area contributed by atoms with Crippen LogP contribution in [0, 0.1) is 0 Å². The maximum Gasteiger partial charge on any atom is 0.255 e. The first-order valence-corrected chi connectivity index (χ1v) is 8.70. The molecule has 0 radical (unpaired) electrons. The highest BCUT2D eigenvalue weighted by molar-refractivity contribution is 7.99. The van der Waals surface area contributed by atoms with Crippen molar-refractivity contribution in [3.05, 3.63) is 78.1 Å². The van der Waals surface area contributed by atoms with E-state index in [0.717, 1.165) is 34.2 Å². The standard InChI is InChI=1S/C19H16N2OS/c22-18(17-9-3-6-14-5-1-2-8-16(14)17)21-11-12-23-19(21)15-7-4-10-20-13-15/h1-10,13,19H,11-12H2. The first-order valence-electron chi connectivity index (χ1n) is 7.65. The number of hydrogen-bond donors (Lipinski definition) is 0. The lowest BCUT2D eigenvalue weighted by molar-refractivity contribution is 0.0762. The average molecular weight is 320 g/mol. The van der Waals surface area contributed by atoms with Gasteiger partial charge in [-0.15, -0.1) is 11.8 Å². The summed E-state index contributed by atoms with van der Waals surface area (Å²) in [4.78, 5) is 19.3. The highest BCUT2D eigenvalue weighted by Gasteiger charge is 2.31. The van der Waals surface area contributed by atoms with Gasteiger partial charge >= 0.3 is 0 Å². The molecule has 2 aromatic carbocycles. The monoisotopic (exact) mass is 320 g/mol. The fourth-order valence-electron chi connectivity index (χ4n) is 3.04. The highest BCUT2D eigenvalue weighted by atomic mass is 32.2. The Kier molecular flexibility index (Phi) is 3.75. The van der Waals surface area contributed by atoms with Gasteiger partial charge in [-0.1, -0.05) is 42.5 Å². The maximum atomic E-state index is 13.1. The number of benzene rings is 2. The first kappa shape index (κ1) is 14.3. The third-order valence-corrected chi connectivity index (χ3v) is 5.40. The molecule has 1 fully saturated rings. The molecule has 3 nitrogen and oxygen atoms in total. The Balaban J connectivity index is 1.73. The Morgan fingerprint density at radius 3 is 2.83 bits per heavy atom. The van der Waals surface area contributed by atoms with Gasteiger partial charge in [-0.2, -0.15) is 0 Å². The zero-order chi connectivity index (χ0) is 15.6. The Bertz CT molecular complexity index is 845. The molecule has 0 N–H and O–H groups in total. The molecule has 114 valence electrons. The smallest absolute Gasteiger partial charge is 0.255 e. The van der Waals surface area contributed by atoms with Crippen molar-refractivity contribution in [3.8, 4) is 0 Å². The van der Waals surface area contributed by atoms with E-state index < -0.39 is 0 Å². The normalized spacial score (nSPS) is 17.6. The van der Waals surface area contributed by atoms with Gasteiger partial charge in [0.1, 0.15) is 5.37 Å².